The van der Waals surface area contributed by atoms with Crippen molar-refractivity contribution >= 4 is 35.9 Å². The molecule has 0 saturated carbocycles. The van der Waals surface area contributed by atoms with Crippen LogP contribution in [0, 0.1) is 0 Å². The van der Waals surface area contributed by atoms with Crippen molar-refractivity contribution in [2.75, 3.05) is 10.8 Å². The molecule has 17 heavy (non-hydrogen) atoms. The van der Waals surface area contributed by atoms with Crippen molar-refractivity contribution in [3.8, 4) is 0 Å². The summed E-state index contributed by atoms with van der Waals surface area (Å²) in [5.41, 5.74) is 1.46. The molecule has 0 unspecified atom stereocenters. The average Bonchev–Trinajstić information content (AvgIpc) is 2.86. The number of hydrogen-bond donors (Lipinski definition) is 0. The minimum atomic E-state index is 0.639. The smallest absolute Gasteiger partial charge is 0.152 e. The Morgan fingerprint density at radius 3 is 3.12 bits per heavy atom. The van der Waals surface area contributed by atoms with Crippen LogP contribution in [-0.2, 0) is 0 Å². The maximum Gasteiger partial charge on any atom is 0.152 e. The van der Waals surface area contributed by atoms with Crippen LogP contribution in [-0.4, -0.2) is 24.3 Å². The molecular formula is C12H9N3OS. The summed E-state index contributed by atoms with van der Waals surface area (Å²) in [4.78, 5) is 22.5. The number of carbonyl (C=O) groups excluding carboxylic acids is 1. The van der Waals surface area contributed by atoms with Gasteiger partial charge in [0.25, 0.3) is 0 Å². The molecule has 0 atom stereocenters. The van der Waals surface area contributed by atoms with Crippen LogP contribution in [0.25, 0.3) is 0 Å². The van der Waals surface area contributed by atoms with Gasteiger partial charge in [0.05, 0.1) is 16.5 Å². The summed E-state index contributed by atoms with van der Waals surface area (Å²) >= 11 is 1.65. The third kappa shape index (κ3) is 1.68. The first-order chi connectivity index (χ1) is 8.40. The first-order valence-corrected chi connectivity index (χ1v) is 6.13. The van der Waals surface area contributed by atoms with Gasteiger partial charge in [-0.15, -0.1) is 0 Å². The molecule has 2 aliphatic rings. The van der Waals surface area contributed by atoms with Crippen molar-refractivity contribution in [1.29, 1.82) is 0 Å². The highest BCUT2D eigenvalue weighted by atomic mass is 32.2. The standard InChI is InChI=1S/C12H9N3OS/c16-6-9-3-1-2-4-10(9)15-7-13-5-11-12(15)14-8-17-11/h1-7H,8H2. The topological polar surface area (TPSA) is 45.0 Å². The molecule has 0 fully saturated rings. The molecule has 5 heteroatoms. The van der Waals surface area contributed by atoms with Gasteiger partial charge in [-0.2, -0.15) is 0 Å². The molecule has 2 aliphatic heterocycles. The van der Waals surface area contributed by atoms with Crippen LogP contribution in [0.2, 0.25) is 0 Å². The minimum absolute atomic E-state index is 0.639. The molecule has 2 heterocycles. The van der Waals surface area contributed by atoms with Gasteiger partial charge in [0.1, 0.15) is 12.2 Å². The molecule has 0 aromatic heterocycles. The quantitative estimate of drug-likeness (QED) is 0.749. The zero-order chi connectivity index (χ0) is 11.7. The van der Waals surface area contributed by atoms with Crippen molar-refractivity contribution in [2.24, 2.45) is 9.98 Å². The largest absolute Gasteiger partial charge is 0.298 e. The fourth-order valence-electron chi connectivity index (χ4n) is 1.80. The number of hydrogen-bond acceptors (Lipinski definition) is 5. The van der Waals surface area contributed by atoms with E-state index in [-0.39, 0.29) is 0 Å². The van der Waals surface area contributed by atoms with Gasteiger partial charge in [0.15, 0.2) is 6.29 Å². The van der Waals surface area contributed by atoms with E-state index in [9.17, 15) is 4.79 Å². The highest BCUT2D eigenvalue weighted by Gasteiger charge is 2.24. The number of rotatable bonds is 2. The van der Waals surface area contributed by atoms with E-state index in [0.29, 0.717) is 11.4 Å². The maximum absolute atomic E-state index is 11.0. The number of aldehydes is 1. The lowest BCUT2D eigenvalue weighted by Crippen LogP contribution is -2.31. The second-order valence-corrected chi connectivity index (χ2v) is 4.55. The van der Waals surface area contributed by atoms with Crippen molar-refractivity contribution < 1.29 is 4.79 Å². The number of fused-ring (bicyclic) bond motifs is 1. The van der Waals surface area contributed by atoms with Crippen molar-refractivity contribution in [2.45, 2.75) is 0 Å². The summed E-state index contributed by atoms with van der Waals surface area (Å²) in [6.45, 7) is 0. The fraction of sp³-hybridized carbons (Fsp3) is 0.0833. The van der Waals surface area contributed by atoms with Crippen molar-refractivity contribution in [3.05, 3.63) is 40.9 Å². The Morgan fingerprint density at radius 2 is 2.24 bits per heavy atom. The lowest BCUT2D eigenvalue weighted by atomic mass is 10.1. The number of nitrogens with zero attached hydrogens (tertiary/aromatic N) is 3. The summed E-state index contributed by atoms with van der Waals surface area (Å²) in [5, 5.41) is 0. The molecular weight excluding hydrogens is 234 g/mol. The Balaban J connectivity index is 2.08. The molecule has 84 valence electrons. The molecule has 3 rings (SSSR count). The zero-order valence-corrected chi connectivity index (χ0v) is 9.72. The minimum Gasteiger partial charge on any atom is -0.298 e. The number of thioether (sulfide) groups is 1. The second kappa shape index (κ2) is 4.18. The fourth-order valence-corrected chi connectivity index (χ4v) is 2.55. The molecule has 0 saturated heterocycles. The lowest BCUT2D eigenvalue weighted by Gasteiger charge is -2.23. The number of benzene rings is 1. The van der Waals surface area contributed by atoms with Crippen LogP contribution >= 0.6 is 11.8 Å². The molecule has 0 spiro atoms. The van der Waals surface area contributed by atoms with Gasteiger partial charge in [0.2, 0.25) is 0 Å². The molecule has 1 aromatic rings. The second-order valence-electron chi connectivity index (χ2n) is 3.56. The highest BCUT2D eigenvalue weighted by Crippen LogP contribution is 2.31. The van der Waals surface area contributed by atoms with E-state index in [2.05, 4.69) is 9.98 Å². The highest BCUT2D eigenvalue weighted by molar-refractivity contribution is 8.04. The summed E-state index contributed by atoms with van der Waals surface area (Å²) in [7, 11) is 0. The number of para-hydroxylation sites is 1. The van der Waals surface area contributed by atoms with Crippen LogP contribution in [0.5, 0.6) is 0 Å². The van der Waals surface area contributed by atoms with Crippen molar-refractivity contribution in [1.82, 2.24) is 0 Å². The summed E-state index contributed by atoms with van der Waals surface area (Å²) in [6.07, 6.45) is 4.34. The monoisotopic (exact) mass is 243 g/mol. The van der Waals surface area contributed by atoms with E-state index in [1.165, 1.54) is 0 Å². The molecule has 0 radical (unpaired) electrons. The van der Waals surface area contributed by atoms with E-state index < -0.39 is 0 Å². The third-order valence-corrected chi connectivity index (χ3v) is 3.44. The average molecular weight is 243 g/mol. The predicted molar refractivity (Wildman–Crippen MR) is 70.8 cm³/mol. The van der Waals surface area contributed by atoms with Crippen LogP contribution in [0.1, 0.15) is 10.4 Å². The molecule has 1 aromatic carbocycles. The van der Waals surface area contributed by atoms with E-state index in [1.54, 1.807) is 30.4 Å². The Kier molecular flexibility index (Phi) is 2.53. The maximum atomic E-state index is 11.0. The molecule has 0 aliphatic carbocycles. The van der Waals surface area contributed by atoms with Crippen LogP contribution in [0.15, 0.2) is 45.4 Å². The molecule has 0 amide bonds. The molecule has 0 N–H and O–H groups in total. The first kappa shape index (κ1) is 10.3. The molecule has 0 bridgehead atoms. The Hall–Kier alpha value is -1.88. The van der Waals surface area contributed by atoms with Gasteiger partial charge in [0, 0.05) is 11.8 Å². The Labute approximate surface area is 103 Å². The number of amidine groups is 1. The van der Waals surface area contributed by atoms with Gasteiger partial charge < -0.3 is 0 Å². The Bertz CT molecular complexity index is 563. The van der Waals surface area contributed by atoms with Gasteiger partial charge >= 0.3 is 0 Å². The van der Waals surface area contributed by atoms with E-state index in [4.69, 9.17) is 0 Å². The summed E-state index contributed by atoms with van der Waals surface area (Å²) in [6, 6.07) is 7.42. The third-order valence-electron chi connectivity index (χ3n) is 2.58. The van der Waals surface area contributed by atoms with Crippen LogP contribution in [0.4, 0.5) is 5.69 Å². The van der Waals surface area contributed by atoms with Gasteiger partial charge in [-0.25, -0.2) is 4.99 Å². The zero-order valence-electron chi connectivity index (χ0n) is 8.91. The number of aliphatic imine (C=N–C) groups is 2. The van der Waals surface area contributed by atoms with E-state index in [1.807, 2.05) is 23.1 Å². The lowest BCUT2D eigenvalue weighted by molar-refractivity contribution is 0.112. The van der Waals surface area contributed by atoms with E-state index in [0.717, 1.165) is 22.7 Å². The number of carbonyl (C=O) groups is 1. The van der Waals surface area contributed by atoms with Gasteiger partial charge in [-0.3, -0.25) is 14.7 Å². The Morgan fingerprint density at radius 1 is 1.35 bits per heavy atom. The van der Waals surface area contributed by atoms with Crippen LogP contribution in [0.3, 0.4) is 0 Å². The SMILES string of the molecule is O=Cc1ccccc1N1C=NC=C2SCN=C21. The first-order valence-electron chi connectivity index (χ1n) is 5.14. The van der Waals surface area contributed by atoms with Crippen LogP contribution < -0.4 is 4.90 Å². The number of anilines is 1. The van der Waals surface area contributed by atoms with Gasteiger partial charge in [-0.05, 0) is 12.1 Å². The molecule has 4 nitrogen and oxygen atoms in total. The van der Waals surface area contributed by atoms with E-state index >= 15 is 0 Å². The summed E-state index contributed by atoms with van der Waals surface area (Å²) in [5.74, 6) is 1.59. The van der Waals surface area contributed by atoms with Gasteiger partial charge in [-0.1, -0.05) is 23.9 Å². The summed E-state index contributed by atoms with van der Waals surface area (Å²) < 4.78 is 0. The predicted octanol–water partition coefficient (Wildman–Crippen LogP) is 2.29. The normalized spacial score (nSPS) is 17.5. The van der Waals surface area contributed by atoms with Crippen molar-refractivity contribution in [3.63, 3.8) is 0 Å².